The highest BCUT2D eigenvalue weighted by Crippen LogP contribution is 2.27. The number of anilines is 2. The Labute approximate surface area is 208 Å². The number of halogens is 1. The minimum Gasteiger partial charge on any atom is -0.497 e. The van der Waals surface area contributed by atoms with Gasteiger partial charge >= 0.3 is 0 Å². The minimum atomic E-state index is -0.522. The fourth-order valence-corrected chi connectivity index (χ4v) is 3.44. The van der Waals surface area contributed by atoms with Crippen LogP contribution in [0.4, 0.5) is 11.4 Å². The summed E-state index contributed by atoms with van der Waals surface area (Å²) in [6.45, 7) is 3.60. The average molecular weight is 490 g/mol. The number of carbonyl (C=O) groups excluding carboxylic acids is 2. The van der Waals surface area contributed by atoms with Crippen molar-refractivity contribution in [1.29, 1.82) is 5.26 Å². The summed E-state index contributed by atoms with van der Waals surface area (Å²) in [7, 11) is 1.56. The molecule has 8 heteroatoms. The maximum absolute atomic E-state index is 12.6. The van der Waals surface area contributed by atoms with Crippen LogP contribution in [-0.4, -0.2) is 25.5 Å². The summed E-state index contributed by atoms with van der Waals surface area (Å²) in [5.41, 5.74) is 3.68. The van der Waals surface area contributed by atoms with Crippen molar-refractivity contribution in [2.75, 3.05) is 24.4 Å². The Balaban J connectivity index is 1.62. The lowest BCUT2D eigenvalue weighted by Crippen LogP contribution is -2.20. The molecule has 0 aliphatic rings. The molecule has 3 aromatic carbocycles. The summed E-state index contributed by atoms with van der Waals surface area (Å²) in [4.78, 5) is 24.8. The third-order valence-corrected chi connectivity index (χ3v) is 5.29. The first-order valence-corrected chi connectivity index (χ1v) is 11.0. The Morgan fingerprint density at radius 2 is 1.77 bits per heavy atom. The molecule has 3 rings (SSSR count). The number of methoxy groups -OCH3 is 1. The number of hydrogen-bond acceptors (Lipinski definition) is 5. The molecule has 35 heavy (non-hydrogen) atoms. The van der Waals surface area contributed by atoms with E-state index in [2.05, 4.69) is 10.6 Å². The third-order valence-electron chi connectivity index (χ3n) is 4.99. The zero-order chi connectivity index (χ0) is 25.4. The predicted octanol–water partition coefficient (Wildman–Crippen LogP) is 5.53. The molecule has 178 valence electrons. The van der Waals surface area contributed by atoms with E-state index >= 15 is 0 Å². The Bertz CT molecular complexity index is 1310. The molecule has 0 aliphatic carbocycles. The van der Waals surface area contributed by atoms with Gasteiger partial charge in [0.2, 0.25) is 0 Å². The molecule has 2 amide bonds. The highest BCUT2D eigenvalue weighted by Gasteiger charge is 2.12. The summed E-state index contributed by atoms with van der Waals surface area (Å²) in [6.07, 6.45) is 1.44. The van der Waals surface area contributed by atoms with Gasteiger partial charge in [0.1, 0.15) is 23.1 Å². The van der Waals surface area contributed by atoms with Gasteiger partial charge in [-0.2, -0.15) is 5.26 Å². The molecule has 0 saturated carbocycles. The zero-order valence-corrected chi connectivity index (χ0v) is 20.3. The molecule has 0 unspecified atom stereocenters. The highest BCUT2D eigenvalue weighted by atomic mass is 35.5. The number of amides is 2. The molecule has 0 aliphatic heterocycles. The molecule has 7 nitrogen and oxygen atoms in total. The highest BCUT2D eigenvalue weighted by molar-refractivity contribution is 6.32. The molecule has 2 N–H and O–H groups in total. The van der Waals surface area contributed by atoms with Crippen LogP contribution < -0.4 is 20.1 Å². The summed E-state index contributed by atoms with van der Waals surface area (Å²) >= 11 is 6.29. The summed E-state index contributed by atoms with van der Waals surface area (Å²) in [6, 6.07) is 19.2. The molecule has 0 bridgehead atoms. The van der Waals surface area contributed by atoms with Crippen LogP contribution in [0.5, 0.6) is 11.5 Å². The molecule has 0 heterocycles. The standard InChI is InChI=1S/C27H24ClN3O4/c1-17-4-10-24(18(2)12-17)31-27(33)20(15-29)13-19-5-11-25(23(28)14-19)35-16-26(32)30-21-6-8-22(34-3)9-7-21/h4-14H,16H2,1-3H3,(H,30,32)(H,31,33)/b20-13+. The number of aryl methyl sites for hydroxylation is 2. The van der Waals surface area contributed by atoms with Crippen molar-refractivity contribution in [2.45, 2.75) is 13.8 Å². The second-order valence-electron chi connectivity index (χ2n) is 7.70. The third kappa shape index (κ3) is 7.10. The van der Waals surface area contributed by atoms with E-state index in [1.165, 1.54) is 6.08 Å². The van der Waals surface area contributed by atoms with Crippen molar-refractivity contribution in [1.82, 2.24) is 0 Å². The van der Waals surface area contributed by atoms with E-state index < -0.39 is 5.91 Å². The number of nitrogens with zero attached hydrogens (tertiary/aromatic N) is 1. The largest absolute Gasteiger partial charge is 0.497 e. The normalized spacial score (nSPS) is 10.8. The molecule has 0 aromatic heterocycles. The van der Waals surface area contributed by atoms with Crippen molar-refractivity contribution >= 4 is 40.9 Å². The first-order chi connectivity index (χ1) is 16.8. The molecular formula is C27H24ClN3O4. The van der Waals surface area contributed by atoms with Crippen molar-refractivity contribution in [3.8, 4) is 17.6 Å². The van der Waals surface area contributed by atoms with Crippen LogP contribution in [0.2, 0.25) is 5.02 Å². The smallest absolute Gasteiger partial charge is 0.266 e. The van der Waals surface area contributed by atoms with Gasteiger partial charge in [-0.1, -0.05) is 35.4 Å². The lowest BCUT2D eigenvalue weighted by atomic mass is 10.1. The van der Waals surface area contributed by atoms with Gasteiger partial charge in [-0.15, -0.1) is 0 Å². The second-order valence-corrected chi connectivity index (χ2v) is 8.10. The number of ether oxygens (including phenoxy) is 2. The molecule has 0 fully saturated rings. The van der Waals surface area contributed by atoms with Crippen LogP contribution in [-0.2, 0) is 9.59 Å². The predicted molar refractivity (Wildman–Crippen MR) is 137 cm³/mol. The molecule has 0 radical (unpaired) electrons. The van der Waals surface area contributed by atoms with Crippen LogP contribution in [0.1, 0.15) is 16.7 Å². The van der Waals surface area contributed by atoms with Gasteiger partial charge < -0.3 is 20.1 Å². The van der Waals surface area contributed by atoms with Crippen molar-refractivity contribution in [3.05, 3.63) is 87.9 Å². The number of rotatable bonds is 8. The zero-order valence-electron chi connectivity index (χ0n) is 19.5. The van der Waals surface area contributed by atoms with Crippen molar-refractivity contribution in [2.24, 2.45) is 0 Å². The summed E-state index contributed by atoms with van der Waals surface area (Å²) in [5, 5.41) is 15.2. The van der Waals surface area contributed by atoms with Crippen LogP contribution in [0.3, 0.4) is 0 Å². The average Bonchev–Trinajstić information content (AvgIpc) is 2.84. The molecule has 0 spiro atoms. The van der Waals surface area contributed by atoms with Crippen LogP contribution in [0.25, 0.3) is 6.08 Å². The first-order valence-electron chi connectivity index (χ1n) is 10.7. The fraction of sp³-hybridized carbons (Fsp3) is 0.148. The molecule has 3 aromatic rings. The van der Waals surface area contributed by atoms with E-state index in [4.69, 9.17) is 21.1 Å². The number of hydrogen-bond donors (Lipinski definition) is 2. The van der Waals surface area contributed by atoms with Crippen LogP contribution in [0, 0.1) is 25.2 Å². The van der Waals surface area contributed by atoms with Gasteiger partial charge in [-0.3, -0.25) is 9.59 Å². The van der Waals surface area contributed by atoms with E-state index in [-0.39, 0.29) is 23.1 Å². The van der Waals surface area contributed by atoms with E-state index in [0.717, 1.165) is 11.1 Å². The Kier molecular flexibility index (Phi) is 8.49. The monoisotopic (exact) mass is 489 g/mol. The quantitative estimate of drug-likeness (QED) is 0.320. The SMILES string of the molecule is COc1ccc(NC(=O)COc2ccc(/C=C(\C#N)C(=O)Nc3ccc(C)cc3C)cc2Cl)cc1. The van der Waals surface area contributed by atoms with Gasteiger partial charge in [-0.05, 0) is 73.5 Å². The van der Waals surface area contributed by atoms with E-state index in [1.807, 2.05) is 32.0 Å². The lowest BCUT2D eigenvalue weighted by Gasteiger charge is -2.10. The van der Waals surface area contributed by atoms with Crippen molar-refractivity contribution < 1.29 is 19.1 Å². The van der Waals surface area contributed by atoms with E-state index in [9.17, 15) is 14.9 Å². The lowest BCUT2D eigenvalue weighted by molar-refractivity contribution is -0.118. The number of nitriles is 1. The maximum Gasteiger partial charge on any atom is 0.266 e. The Hall–Kier alpha value is -4.28. The van der Waals surface area contributed by atoms with Gasteiger partial charge in [-0.25, -0.2) is 0 Å². The topological polar surface area (TPSA) is 100 Å². The van der Waals surface area contributed by atoms with Gasteiger partial charge in [0.15, 0.2) is 6.61 Å². The Morgan fingerprint density at radius 1 is 1.03 bits per heavy atom. The minimum absolute atomic E-state index is 0.0754. The molecule has 0 atom stereocenters. The van der Waals surface area contributed by atoms with E-state index in [1.54, 1.807) is 55.6 Å². The first kappa shape index (κ1) is 25.3. The number of benzene rings is 3. The second kappa shape index (κ2) is 11.7. The van der Waals surface area contributed by atoms with E-state index in [0.29, 0.717) is 28.4 Å². The van der Waals surface area contributed by atoms with Gasteiger partial charge in [0.25, 0.3) is 11.8 Å². The molecular weight excluding hydrogens is 466 g/mol. The van der Waals surface area contributed by atoms with Crippen LogP contribution >= 0.6 is 11.6 Å². The maximum atomic E-state index is 12.6. The fourth-order valence-electron chi connectivity index (χ4n) is 3.20. The number of carbonyl (C=O) groups is 2. The Morgan fingerprint density at radius 3 is 2.40 bits per heavy atom. The number of nitrogens with one attached hydrogen (secondary N) is 2. The van der Waals surface area contributed by atoms with Crippen LogP contribution in [0.15, 0.2) is 66.2 Å². The molecule has 0 saturated heterocycles. The van der Waals surface area contributed by atoms with Gasteiger partial charge in [0.05, 0.1) is 12.1 Å². The summed E-state index contributed by atoms with van der Waals surface area (Å²) < 4.78 is 10.6. The summed E-state index contributed by atoms with van der Waals surface area (Å²) in [5.74, 6) is 0.102. The van der Waals surface area contributed by atoms with Crippen molar-refractivity contribution in [3.63, 3.8) is 0 Å². The van der Waals surface area contributed by atoms with Gasteiger partial charge in [0, 0.05) is 11.4 Å².